The Morgan fingerprint density at radius 1 is 0.806 bits per heavy atom. The first-order chi connectivity index (χ1) is 34.9. The van der Waals surface area contributed by atoms with Crippen molar-refractivity contribution in [3.63, 3.8) is 0 Å². The molecule has 1 aromatic carbocycles. The lowest BCUT2D eigenvalue weighted by molar-refractivity contribution is -0.147. The molecule has 380 valence electrons. The van der Waals surface area contributed by atoms with Gasteiger partial charge in [-0.1, -0.05) is 31.5 Å². The van der Waals surface area contributed by atoms with E-state index in [1.165, 1.54) is 19.3 Å². The van der Waals surface area contributed by atoms with Crippen molar-refractivity contribution >= 4 is 57.9 Å². The van der Waals surface area contributed by atoms with Crippen LogP contribution in [0.4, 0.5) is 17.3 Å². The molecule has 0 bridgehead atoms. The van der Waals surface area contributed by atoms with Crippen molar-refractivity contribution in [2.75, 3.05) is 67.5 Å². The number of carbonyl (C=O) groups is 5. The maximum Gasteiger partial charge on any atom is 0.238 e. The quantitative estimate of drug-likeness (QED) is 0.161. The van der Waals surface area contributed by atoms with E-state index in [0.29, 0.717) is 83.5 Å². The van der Waals surface area contributed by atoms with Gasteiger partial charge in [0.25, 0.3) is 0 Å². The number of hydrogen-bond acceptors (Lipinski definition) is 11. The predicted molar refractivity (Wildman–Crippen MR) is 275 cm³/mol. The first kappa shape index (κ1) is 47.1. The fourth-order valence-electron chi connectivity index (χ4n) is 13.5. The summed E-state index contributed by atoms with van der Waals surface area (Å²) in [4.78, 5) is 93.6. The van der Waals surface area contributed by atoms with E-state index in [2.05, 4.69) is 79.9 Å². The standard InChI is InChI=1S/C56H71N11O5/c1-34(2)66-33-58-46-30-45(60-51(50(46)66)59-39-9-10-39)37-7-12-44-47(27-37)67(41-28-40(29-41)62-20-5-4-6-21-62)55(72)56(44)18-25-64(26-19-56)54(71)42-17-24-65(32-35(42)3)53(70)36-15-22-63(23-16-36)48-13-8-38(31-57-48)43-11-14-49(68)61-52(43)69/h7-8,12-13,27,30-31,33-36,39-43H,4-6,9-11,14-26,28-29,32H2,1-3H3,(H,59,60)(H,61,68,69)/t35-,40?,41?,42+,43-/m1/s1. The molecule has 2 saturated carbocycles. The lowest BCUT2D eigenvalue weighted by Crippen LogP contribution is -2.59. The normalized spacial score (nSPS) is 27.1. The molecular weight excluding hydrogens is 907 g/mol. The summed E-state index contributed by atoms with van der Waals surface area (Å²) in [5.74, 6) is 1.17. The molecule has 3 aromatic heterocycles. The summed E-state index contributed by atoms with van der Waals surface area (Å²) in [5.41, 5.74) is 6.03. The van der Waals surface area contributed by atoms with Gasteiger partial charge in [-0.2, -0.15) is 0 Å². The third-order valence-electron chi connectivity index (χ3n) is 18.1. The van der Waals surface area contributed by atoms with Crippen LogP contribution in [-0.4, -0.2) is 134 Å². The van der Waals surface area contributed by atoms with Gasteiger partial charge >= 0.3 is 0 Å². The highest BCUT2D eigenvalue weighted by molar-refractivity contribution is 6.09. The van der Waals surface area contributed by atoms with E-state index in [1.807, 2.05) is 28.3 Å². The molecule has 7 fully saturated rings. The molecule has 9 heterocycles. The van der Waals surface area contributed by atoms with Gasteiger partial charge in [0, 0.05) is 99.1 Å². The van der Waals surface area contributed by atoms with Crippen LogP contribution in [0.15, 0.2) is 48.9 Å². The van der Waals surface area contributed by atoms with Crippen LogP contribution in [0.1, 0.15) is 134 Å². The molecule has 0 unspecified atom stereocenters. The number of fused-ring (bicyclic) bond motifs is 3. The van der Waals surface area contributed by atoms with Crippen LogP contribution in [-0.2, 0) is 29.4 Å². The van der Waals surface area contributed by atoms with Gasteiger partial charge in [0.05, 0.1) is 28.9 Å². The van der Waals surface area contributed by atoms with Gasteiger partial charge in [0.2, 0.25) is 29.5 Å². The molecule has 5 saturated heterocycles. The topological polar surface area (TPSA) is 169 Å². The van der Waals surface area contributed by atoms with Crippen LogP contribution in [0.25, 0.3) is 22.3 Å². The van der Waals surface area contributed by atoms with Crippen molar-refractivity contribution < 1.29 is 24.0 Å². The summed E-state index contributed by atoms with van der Waals surface area (Å²) < 4.78 is 2.20. The zero-order chi connectivity index (χ0) is 49.4. The number of imide groups is 1. The Balaban J connectivity index is 0.704. The minimum absolute atomic E-state index is 0.0272. The van der Waals surface area contributed by atoms with Gasteiger partial charge < -0.3 is 34.4 Å². The summed E-state index contributed by atoms with van der Waals surface area (Å²) in [7, 11) is 0. The van der Waals surface area contributed by atoms with Crippen LogP contribution >= 0.6 is 0 Å². The second-order valence-corrected chi connectivity index (χ2v) is 22.9. The highest BCUT2D eigenvalue weighted by Gasteiger charge is 2.56. The van der Waals surface area contributed by atoms with Crippen molar-refractivity contribution in [1.29, 1.82) is 0 Å². The summed E-state index contributed by atoms with van der Waals surface area (Å²) in [6.07, 6.45) is 15.8. The van der Waals surface area contributed by atoms with Crippen LogP contribution in [0.3, 0.4) is 0 Å². The summed E-state index contributed by atoms with van der Waals surface area (Å²) in [6, 6.07) is 13.9. The molecule has 6 aliphatic heterocycles. The van der Waals surface area contributed by atoms with E-state index in [4.69, 9.17) is 9.97 Å². The highest BCUT2D eigenvalue weighted by Crippen LogP contribution is 2.52. The number of nitrogens with zero attached hydrogens (tertiary/aromatic N) is 9. The molecule has 2 N–H and O–H groups in total. The Morgan fingerprint density at radius 2 is 1.58 bits per heavy atom. The van der Waals surface area contributed by atoms with E-state index in [9.17, 15) is 19.2 Å². The largest absolute Gasteiger partial charge is 0.366 e. The minimum atomic E-state index is -0.681. The molecule has 1 spiro atoms. The third kappa shape index (κ3) is 8.52. The number of amides is 5. The zero-order valence-electron chi connectivity index (χ0n) is 42.4. The van der Waals surface area contributed by atoms with E-state index in [1.54, 1.807) is 6.20 Å². The summed E-state index contributed by atoms with van der Waals surface area (Å²) in [6.45, 7) is 12.4. The molecule has 0 radical (unpaired) electrons. The minimum Gasteiger partial charge on any atom is -0.366 e. The molecule has 16 nitrogen and oxygen atoms in total. The number of aromatic nitrogens is 4. The second kappa shape index (κ2) is 18.9. The molecular formula is C56H71N11O5. The number of benzene rings is 1. The fourth-order valence-corrected chi connectivity index (χ4v) is 13.5. The number of piperidine rings is 5. The second-order valence-electron chi connectivity index (χ2n) is 22.9. The van der Waals surface area contributed by atoms with Gasteiger partial charge in [-0.05, 0) is 139 Å². The van der Waals surface area contributed by atoms with E-state index in [0.717, 1.165) is 102 Å². The van der Waals surface area contributed by atoms with Crippen molar-refractivity contribution in [2.24, 2.45) is 17.8 Å². The van der Waals surface area contributed by atoms with Crippen LogP contribution in [0.5, 0.6) is 0 Å². The molecule has 2 aliphatic carbocycles. The number of imidazole rings is 1. The van der Waals surface area contributed by atoms with E-state index < -0.39 is 5.41 Å². The maximum atomic E-state index is 15.3. The molecule has 12 rings (SSSR count). The molecule has 5 amide bonds. The molecule has 8 aliphatic rings. The molecule has 3 atom stereocenters. The third-order valence-corrected chi connectivity index (χ3v) is 18.1. The van der Waals surface area contributed by atoms with Gasteiger partial charge in [-0.3, -0.25) is 29.3 Å². The van der Waals surface area contributed by atoms with E-state index in [-0.39, 0.29) is 65.3 Å². The number of likely N-dealkylation sites (tertiary alicyclic amines) is 3. The van der Waals surface area contributed by atoms with Gasteiger partial charge in [-0.25, -0.2) is 15.0 Å². The average molecular weight is 978 g/mol. The number of hydrogen-bond donors (Lipinski definition) is 2. The Morgan fingerprint density at radius 3 is 2.28 bits per heavy atom. The van der Waals surface area contributed by atoms with Crippen molar-refractivity contribution in [2.45, 2.75) is 146 Å². The van der Waals surface area contributed by atoms with Crippen LogP contribution < -0.4 is 20.4 Å². The van der Waals surface area contributed by atoms with Gasteiger partial charge in [0.1, 0.15) is 11.3 Å². The number of anilines is 3. The predicted octanol–water partition coefficient (Wildman–Crippen LogP) is 6.79. The molecule has 4 aromatic rings. The first-order valence-electron chi connectivity index (χ1n) is 27.4. The monoisotopic (exact) mass is 978 g/mol. The van der Waals surface area contributed by atoms with Crippen LogP contribution in [0.2, 0.25) is 0 Å². The van der Waals surface area contributed by atoms with Crippen molar-refractivity contribution in [3.05, 3.63) is 60.0 Å². The SMILES string of the molecule is CC(C)n1cnc2cc(-c3ccc4c(c3)N(C3CC(N5CCCCC5)C3)C(=O)C43CCN(C(=O)[C@H]4CCN(C(=O)C5CCN(c6ccc([C@H]7CCC(=O)NC7=O)cn6)CC5)C[C@H]4C)CC3)nc(NC3CC3)c21. The average Bonchev–Trinajstić information content (AvgIpc) is 4.05. The summed E-state index contributed by atoms with van der Waals surface area (Å²) in [5, 5.41) is 6.14. The molecule has 16 heteroatoms. The summed E-state index contributed by atoms with van der Waals surface area (Å²) >= 11 is 0. The number of carbonyl (C=O) groups excluding carboxylic acids is 5. The Hall–Kier alpha value is -5.90. The maximum absolute atomic E-state index is 15.3. The Kier molecular flexibility index (Phi) is 12.3. The van der Waals surface area contributed by atoms with Gasteiger partial charge in [0.15, 0.2) is 5.82 Å². The fraction of sp³-hybridized carbons (Fsp3) is 0.607. The zero-order valence-corrected chi connectivity index (χ0v) is 42.4. The lowest BCUT2D eigenvalue weighted by atomic mass is 9.73. The first-order valence-corrected chi connectivity index (χ1v) is 27.4. The lowest BCUT2D eigenvalue weighted by Gasteiger charge is -2.48. The number of rotatable bonds is 10. The highest BCUT2D eigenvalue weighted by atomic mass is 16.2. The van der Waals surface area contributed by atoms with Crippen molar-refractivity contribution in [1.82, 2.24) is 39.5 Å². The number of pyridine rings is 2. The van der Waals surface area contributed by atoms with Crippen molar-refractivity contribution in [3.8, 4) is 11.3 Å². The van der Waals surface area contributed by atoms with Crippen LogP contribution in [0, 0.1) is 17.8 Å². The van der Waals surface area contributed by atoms with E-state index >= 15 is 4.79 Å². The smallest absolute Gasteiger partial charge is 0.238 e. The molecule has 72 heavy (non-hydrogen) atoms. The Labute approximate surface area is 422 Å². The Bertz CT molecular complexity index is 2760. The van der Waals surface area contributed by atoms with Gasteiger partial charge in [-0.15, -0.1) is 0 Å². The number of nitrogens with one attached hydrogen (secondary N) is 2.